The molecule has 0 aliphatic rings. The van der Waals surface area contributed by atoms with Crippen molar-refractivity contribution in [2.24, 2.45) is 0 Å². The van der Waals surface area contributed by atoms with Crippen LogP contribution >= 0.6 is 11.3 Å². The highest BCUT2D eigenvalue weighted by Gasteiger charge is 2.13. The van der Waals surface area contributed by atoms with Gasteiger partial charge in [-0.15, -0.1) is 0 Å². The lowest BCUT2D eigenvalue weighted by Crippen LogP contribution is -1.96. The number of ether oxygens (including phenoxy) is 2. The maximum absolute atomic E-state index is 6.18. The first-order chi connectivity index (χ1) is 11.7. The molecule has 0 saturated carbocycles. The van der Waals surface area contributed by atoms with E-state index in [1.807, 2.05) is 29.6 Å². The summed E-state index contributed by atoms with van der Waals surface area (Å²) in [6.07, 6.45) is 1.75. The number of hydrogen-bond donors (Lipinski definition) is 1. The summed E-state index contributed by atoms with van der Waals surface area (Å²) in [5.74, 6) is 1.78. The Morgan fingerprint density at radius 3 is 2.50 bits per heavy atom. The lowest BCUT2D eigenvalue weighted by atomic mass is 10.0. The minimum atomic E-state index is 0.470. The van der Waals surface area contributed by atoms with Crippen LogP contribution in [0, 0.1) is 0 Å². The second-order valence-electron chi connectivity index (χ2n) is 5.35. The van der Waals surface area contributed by atoms with Crippen LogP contribution in [0.2, 0.25) is 0 Å². The number of aromatic nitrogens is 2. The fourth-order valence-corrected chi connectivity index (χ4v) is 3.47. The van der Waals surface area contributed by atoms with E-state index in [0.717, 1.165) is 32.9 Å². The molecular weight excluding hydrogens is 322 g/mol. The van der Waals surface area contributed by atoms with E-state index in [4.69, 9.17) is 15.2 Å². The Hall–Kier alpha value is -2.86. The van der Waals surface area contributed by atoms with Gasteiger partial charge in [-0.2, -0.15) is 11.3 Å². The van der Waals surface area contributed by atoms with Crippen LogP contribution in [0.3, 0.4) is 0 Å². The molecule has 2 N–H and O–H groups in total. The first kappa shape index (κ1) is 14.7. The van der Waals surface area contributed by atoms with Gasteiger partial charge in [0.25, 0.3) is 0 Å². The first-order valence-corrected chi connectivity index (χ1v) is 8.29. The number of benzene rings is 1. The van der Waals surface area contributed by atoms with Gasteiger partial charge in [-0.1, -0.05) is 0 Å². The number of hydrogen-bond acceptors (Lipinski definition) is 6. The number of methoxy groups -OCH3 is 2. The van der Waals surface area contributed by atoms with Crippen LogP contribution in [0.25, 0.3) is 32.9 Å². The Morgan fingerprint density at radius 1 is 1.00 bits per heavy atom. The summed E-state index contributed by atoms with van der Waals surface area (Å²) in [7, 11) is 3.23. The van der Waals surface area contributed by atoms with Crippen LogP contribution in [0.1, 0.15) is 0 Å². The van der Waals surface area contributed by atoms with Gasteiger partial charge in [0, 0.05) is 34.0 Å². The highest BCUT2D eigenvalue weighted by molar-refractivity contribution is 7.08. The zero-order valence-electron chi connectivity index (χ0n) is 13.2. The number of nitrogen functional groups attached to an aromatic ring is 1. The predicted molar refractivity (Wildman–Crippen MR) is 97.9 cm³/mol. The molecule has 0 fully saturated rings. The summed E-state index contributed by atoms with van der Waals surface area (Å²) in [5.41, 5.74) is 8.90. The Bertz CT molecular complexity index is 1050. The molecule has 0 radical (unpaired) electrons. The zero-order valence-corrected chi connectivity index (χ0v) is 14.1. The molecule has 0 unspecified atom stereocenters. The van der Waals surface area contributed by atoms with Crippen LogP contribution in [0.15, 0.2) is 41.2 Å². The molecule has 0 bridgehead atoms. The summed E-state index contributed by atoms with van der Waals surface area (Å²) < 4.78 is 10.8. The molecule has 0 amide bonds. The molecule has 0 aliphatic heterocycles. The van der Waals surface area contributed by atoms with Crippen LogP contribution in [-0.4, -0.2) is 24.2 Å². The second-order valence-corrected chi connectivity index (χ2v) is 6.13. The van der Waals surface area contributed by atoms with Gasteiger partial charge in [-0.05, 0) is 29.0 Å². The highest BCUT2D eigenvalue weighted by Crippen LogP contribution is 2.37. The molecule has 1 aromatic carbocycles. The van der Waals surface area contributed by atoms with E-state index in [9.17, 15) is 0 Å². The molecule has 120 valence electrons. The van der Waals surface area contributed by atoms with E-state index in [0.29, 0.717) is 17.3 Å². The smallest absolute Gasteiger partial charge is 0.162 e. The summed E-state index contributed by atoms with van der Waals surface area (Å²) in [5, 5.41) is 6.86. The molecule has 0 saturated heterocycles. The predicted octanol–water partition coefficient (Wildman–Crippen LogP) is 4.11. The zero-order chi connectivity index (χ0) is 16.7. The van der Waals surface area contributed by atoms with Crippen LogP contribution in [0.4, 0.5) is 5.82 Å². The van der Waals surface area contributed by atoms with Crippen molar-refractivity contribution < 1.29 is 9.47 Å². The molecule has 4 aromatic rings. The molecule has 6 heteroatoms. The third-order valence-corrected chi connectivity index (χ3v) is 4.71. The van der Waals surface area contributed by atoms with E-state index in [2.05, 4.69) is 15.3 Å². The number of nitrogens with zero attached hydrogens (tertiary/aromatic N) is 2. The summed E-state index contributed by atoms with van der Waals surface area (Å²) in [6.45, 7) is 0. The van der Waals surface area contributed by atoms with Gasteiger partial charge >= 0.3 is 0 Å². The van der Waals surface area contributed by atoms with Crippen molar-refractivity contribution in [3.8, 4) is 22.8 Å². The van der Waals surface area contributed by atoms with E-state index < -0.39 is 0 Å². The quantitative estimate of drug-likeness (QED) is 0.570. The summed E-state index contributed by atoms with van der Waals surface area (Å²) in [4.78, 5) is 9.01. The van der Waals surface area contributed by atoms with Crippen molar-refractivity contribution in [2.75, 3.05) is 20.0 Å². The van der Waals surface area contributed by atoms with E-state index in [-0.39, 0.29) is 0 Å². The minimum Gasteiger partial charge on any atom is -0.493 e. The molecule has 24 heavy (non-hydrogen) atoms. The Morgan fingerprint density at radius 2 is 1.79 bits per heavy atom. The Balaban J connectivity index is 2.08. The van der Waals surface area contributed by atoms with E-state index >= 15 is 0 Å². The van der Waals surface area contributed by atoms with Crippen molar-refractivity contribution in [2.45, 2.75) is 0 Å². The van der Waals surface area contributed by atoms with Crippen molar-refractivity contribution in [3.05, 3.63) is 41.2 Å². The van der Waals surface area contributed by atoms with E-state index in [1.54, 1.807) is 31.8 Å². The fraction of sp³-hybridized carbons (Fsp3) is 0.111. The number of anilines is 1. The molecule has 0 atom stereocenters. The molecule has 5 nitrogen and oxygen atoms in total. The maximum atomic E-state index is 6.18. The topological polar surface area (TPSA) is 70.3 Å². The minimum absolute atomic E-state index is 0.470. The average Bonchev–Trinajstić information content (AvgIpc) is 3.14. The van der Waals surface area contributed by atoms with Crippen molar-refractivity contribution in [3.63, 3.8) is 0 Å². The lowest BCUT2D eigenvalue weighted by Gasteiger charge is -2.12. The van der Waals surface area contributed by atoms with Crippen LogP contribution < -0.4 is 15.2 Å². The van der Waals surface area contributed by atoms with Crippen molar-refractivity contribution in [1.29, 1.82) is 0 Å². The van der Waals surface area contributed by atoms with Gasteiger partial charge in [0.1, 0.15) is 5.82 Å². The first-order valence-electron chi connectivity index (χ1n) is 7.35. The normalized spacial score (nSPS) is 11.1. The lowest BCUT2D eigenvalue weighted by molar-refractivity contribution is 0.356. The highest BCUT2D eigenvalue weighted by atomic mass is 32.1. The number of rotatable bonds is 3. The Labute approximate surface area is 142 Å². The van der Waals surface area contributed by atoms with E-state index in [1.165, 1.54) is 0 Å². The van der Waals surface area contributed by atoms with Gasteiger partial charge < -0.3 is 15.2 Å². The Kier molecular flexibility index (Phi) is 3.46. The maximum Gasteiger partial charge on any atom is 0.162 e. The molecule has 4 rings (SSSR count). The SMILES string of the molecule is COc1cc2ncc3c(N)nc(-c4ccsc4)cc3c2cc1OC. The third kappa shape index (κ3) is 2.23. The largest absolute Gasteiger partial charge is 0.493 e. The monoisotopic (exact) mass is 337 g/mol. The van der Waals surface area contributed by atoms with Gasteiger partial charge in [0.2, 0.25) is 0 Å². The van der Waals surface area contributed by atoms with Crippen molar-refractivity contribution >= 4 is 38.8 Å². The van der Waals surface area contributed by atoms with Crippen molar-refractivity contribution in [1.82, 2.24) is 9.97 Å². The molecular formula is C18H15N3O2S. The van der Waals surface area contributed by atoms with Gasteiger partial charge in [-0.3, -0.25) is 4.98 Å². The van der Waals surface area contributed by atoms with Crippen LogP contribution in [0.5, 0.6) is 11.5 Å². The molecule has 3 aromatic heterocycles. The van der Waals surface area contributed by atoms with Crippen LogP contribution in [-0.2, 0) is 0 Å². The number of nitrogens with two attached hydrogens (primary N) is 1. The van der Waals surface area contributed by atoms with Gasteiger partial charge in [0.05, 0.1) is 25.4 Å². The number of fused-ring (bicyclic) bond motifs is 3. The summed E-state index contributed by atoms with van der Waals surface area (Å²) in [6, 6.07) is 7.88. The molecule has 3 heterocycles. The fourth-order valence-electron chi connectivity index (χ4n) is 2.82. The average molecular weight is 337 g/mol. The van der Waals surface area contributed by atoms with Gasteiger partial charge in [0.15, 0.2) is 11.5 Å². The third-order valence-electron chi connectivity index (χ3n) is 4.03. The standard InChI is InChI=1S/C18H15N3O2S/c1-22-16-6-12-11-5-14(10-3-4-24-9-10)21-18(19)13(11)8-20-15(12)7-17(16)23-2/h3-9H,1-2H3,(H2,19,21). The number of pyridine rings is 2. The van der Waals surface area contributed by atoms with Gasteiger partial charge in [-0.25, -0.2) is 4.98 Å². The summed E-state index contributed by atoms with van der Waals surface area (Å²) >= 11 is 1.63. The number of thiophene rings is 1. The second kappa shape index (κ2) is 5.65. The molecule has 0 aliphatic carbocycles. The molecule has 0 spiro atoms.